The smallest absolute Gasteiger partial charge is 0.259 e. The van der Waals surface area contributed by atoms with Crippen LogP contribution < -0.4 is 5.56 Å². The lowest BCUT2D eigenvalue weighted by molar-refractivity contribution is 0.628. The van der Waals surface area contributed by atoms with E-state index in [-0.39, 0.29) is 16.1 Å². The summed E-state index contributed by atoms with van der Waals surface area (Å²) in [5.41, 5.74) is 1.41. The number of rotatable bonds is 2. The van der Waals surface area contributed by atoms with Gasteiger partial charge in [0.1, 0.15) is 5.82 Å². The molecule has 0 aliphatic rings. The molecule has 0 fully saturated rings. The van der Waals surface area contributed by atoms with Gasteiger partial charge in [0.2, 0.25) is 4.77 Å². The molecule has 2 aromatic heterocycles. The van der Waals surface area contributed by atoms with Gasteiger partial charge in [-0.15, -0.1) is 0 Å². The standard InChI is InChI=1S/C13H9FN4OS/c14-8-3-1-7(2-4-8)10-6-5-9(12(19)15-10)11-16-13(20)18-17-11/h1-6H,(H,15,19)(H2,16,17,18,20). The number of hydrogen-bond donors (Lipinski definition) is 3. The molecule has 3 N–H and O–H groups in total. The van der Waals surface area contributed by atoms with Crippen molar-refractivity contribution in [1.82, 2.24) is 20.2 Å². The van der Waals surface area contributed by atoms with E-state index in [0.29, 0.717) is 17.1 Å². The Morgan fingerprint density at radius 3 is 2.40 bits per heavy atom. The molecule has 0 bridgehead atoms. The normalized spacial score (nSPS) is 10.7. The molecule has 0 saturated heterocycles. The predicted molar refractivity (Wildman–Crippen MR) is 75.2 cm³/mol. The summed E-state index contributed by atoms with van der Waals surface area (Å²) in [4.78, 5) is 18.8. The zero-order chi connectivity index (χ0) is 14.1. The average Bonchev–Trinajstić information content (AvgIpc) is 2.86. The van der Waals surface area contributed by atoms with Gasteiger partial charge in [-0.1, -0.05) is 0 Å². The number of nitrogens with zero attached hydrogens (tertiary/aromatic N) is 1. The van der Waals surface area contributed by atoms with Crippen molar-refractivity contribution in [2.45, 2.75) is 0 Å². The first-order valence-electron chi connectivity index (χ1n) is 5.78. The average molecular weight is 288 g/mol. The molecule has 5 nitrogen and oxygen atoms in total. The Morgan fingerprint density at radius 1 is 1.05 bits per heavy atom. The largest absolute Gasteiger partial charge is 0.321 e. The first kappa shape index (κ1) is 12.5. The van der Waals surface area contributed by atoms with E-state index in [1.807, 2.05) is 0 Å². The van der Waals surface area contributed by atoms with E-state index in [1.165, 1.54) is 12.1 Å². The predicted octanol–water partition coefficient (Wildman–Crippen LogP) is 2.63. The molecule has 0 unspecified atom stereocenters. The van der Waals surface area contributed by atoms with E-state index < -0.39 is 0 Å². The Morgan fingerprint density at radius 2 is 1.80 bits per heavy atom. The lowest BCUT2D eigenvalue weighted by atomic mass is 10.1. The summed E-state index contributed by atoms with van der Waals surface area (Å²) < 4.78 is 13.2. The fraction of sp³-hybridized carbons (Fsp3) is 0. The Hall–Kier alpha value is -2.54. The molecule has 0 saturated carbocycles. The molecule has 0 atom stereocenters. The molecule has 3 rings (SSSR count). The third-order valence-electron chi connectivity index (χ3n) is 2.82. The van der Waals surface area contributed by atoms with Gasteiger partial charge in [-0.3, -0.25) is 15.0 Å². The van der Waals surface area contributed by atoms with Gasteiger partial charge in [0.05, 0.1) is 5.56 Å². The summed E-state index contributed by atoms with van der Waals surface area (Å²) in [7, 11) is 0. The van der Waals surface area contributed by atoms with Crippen molar-refractivity contribution < 1.29 is 4.39 Å². The van der Waals surface area contributed by atoms with Crippen LogP contribution in [0.4, 0.5) is 4.39 Å². The molecule has 0 aliphatic heterocycles. The van der Waals surface area contributed by atoms with Gasteiger partial charge >= 0.3 is 0 Å². The van der Waals surface area contributed by atoms with Gasteiger partial charge in [-0.25, -0.2) is 4.39 Å². The molecule has 7 heteroatoms. The van der Waals surface area contributed by atoms with Crippen molar-refractivity contribution in [1.29, 1.82) is 0 Å². The number of benzene rings is 1. The second-order valence-corrected chi connectivity index (χ2v) is 4.52. The molecular weight excluding hydrogens is 279 g/mol. The third-order valence-corrected chi connectivity index (χ3v) is 3.01. The van der Waals surface area contributed by atoms with Crippen LogP contribution in [0.15, 0.2) is 41.2 Å². The number of hydrogen-bond acceptors (Lipinski definition) is 3. The zero-order valence-electron chi connectivity index (χ0n) is 10.1. The fourth-order valence-electron chi connectivity index (χ4n) is 1.86. The monoisotopic (exact) mass is 288 g/mol. The van der Waals surface area contributed by atoms with Gasteiger partial charge in [-0.2, -0.15) is 4.98 Å². The van der Waals surface area contributed by atoms with E-state index in [0.717, 1.165) is 5.56 Å². The van der Waals surface area contributed by atoms with Crippen molar-refractivity contribution in [3.05, 3.63) is 57.3 Å². The molecule has 0 spiro atoms. The van der Waals surface area contributed by atoms with Crippen LogP contribution in [0.1, 0.15) is 0 Å². The lowest BCUT2D eigenvalue weighted by Gasteiger charge is -2.02. The minimum absolute atomic E-state index is 0.280. The maximum absolute atomic E-state index is 12.9. The number of aromatic nitrogens is 4. The van der Waals surface area contributed by atoms with Crippen LogP contribution in [-0.2, 0) is 0 Å². The summed E-state index contributed by atoms with van der Waals surface area (Å²) in [5, 5.41) is 5.35. The highest BCUT2D eigenvalue weighted by Gasteiger charge is 2.08. The van der Waals surface area contributed by atoms with E-state index in [1.54, 1.807) is 24.3 Å². The molecule has 0 radical (unpaired) electrons. The molecule has 20 heavy (non-hydrogen) atoms. The Labute approximate surface area is 117 Å². The van der Waals surface area contributed by atoms with Crippen molar-refractivity contribution in [2.75, 3.05) is 0 Å². The van der Waals surface area contributed by atoms with Gasteiger partial charge < -0.3 is 4.98 Å². The first-order valence-corrected chi connectivity index (χ1v) is 6.18. The van der Waals surface area contributed by atoms with E-state index in [9.17, 15) is 9.18 Å². The topological polar surface area (TPSA) is 77.3 Å². The van der Waals surface area contributed by atoms with Crippen molar-refractivity contribution in [3.8, 4) is 22.6 Å². The van der Waals surface area contributed by atoms with Gasteiger partial charge in [0.25, 0.3) is 5.56 Å². The first-order chi connectivity index (χ1) is 9.63. The molecule has 0 aliphatic carbocycles. The number of halogens is 1. The molecule has 2 heterocycles. The van der Waals surface area contributed by atoms with E-state index >= 15 is 0 Å². The van der Waals surface area contributed by atoms with Gasteiger partial charge in [0, 0.05) is 5.69 Å². The minimum Gasteiger partial charge on any atom is -0.321 e. The van der Waals surface area contributed by atoms with Crippen LogP contribution >= 0.6 is 12.2 Å². The zero-order valence-corrected chi connectivity index (χ0v) is 10.9. The number of pyridine rings is 1. The molecule has 0 amide bonds. The summed E-state index contributed by atoms with van der Waals surface area (Å²) >= 11 is 4.85. The van der Waals surface area contributed by atoms with Crippen molar-refractivity contribution in [2.24, 2.45) is 0 Å². The van der Waals surface area contributed by atoms with Crippen molar-refractivity contribution in [3.63, 3.8) is 0 Å². The maximum Gasteiger partial charge on any atom is 0.259 e. The minimum atomic E-state index is -0.322. The second kappa shape index (κ2) is 4.86. The molecule has 3 aromatic rings. The van der Waals surface area contributed by atoms with Crippen LogP contribution in [0.2, 0.25) is 0 Å². The second-order valence-electron chi connectivity index (χ2n) is 4.14. The van der Waals surface area contributed by atoms with E-state index in [4.69, 9.17) is 12.2 Å². The highest BCUT2D eigenvalue weighted by Crippen LogP contribution is 2.18. The maximum atomic E-state index is 12.9. The number of H-pyrrole nitrogens is 3. The van der Waals surface area contributed by atoms with Crippen LogP contribution in [0.5, 0.6) is 0 Å². The number of aromatic amines is 3. The quantitative estimate of drug-likeness (QED) is 0.634. The Kier molecular flexibility index (Phi) is 3.03. The van der Waals surface area contributed by atoms with Crippen LogP contribution in [0, 0.1) is 10.6 Å². The van der Waals surface area contributed by atoms with Gasteiger partial charge in [0.15, 0.2) is 5.82 Å². The molecule has 100 valence electrons. The lowest BCUT2D eigenvalue weighted by Crippen LogP contribution is -2.10. The fourth-order valence-corrected chi connectivity index (χ4v) is 2.00. The van der Waals surface area contributed by atoms with Crippen molar-refractivity contribution >= 4 is 12.2 Å². The Balaban J connectivity index is 2.05. The highest BCUT2D eigenvalue weighted by molar-refractivity contribution is 7.71. The van der Waals surface area contributed by atoms with Crippen LogP contribution in [0.3, 0.4) is 0 Å². The summed E-state index contributed by atoms with van der Waals surface area (Å²) in [6, 6.07) is 9.25. The van der Waals surface area contributed by atoms with Crippen LogP contribution in [-0.4, -0.2) is 20.2 Å². The number of nitrogens with one attached hydrogen (secondary N) is 3. The molecular formula is C13H9FN4OS. The SMILES string of the molecule is O=c1[nH]c(-c2ccc(F)cc2)ccc1-c1nc(=S)[nH][nH]1. The van der Waals surface area contributed by atoms with Gasteiger partial charge in [-0.05, 0) is 54.2 Å². The van der Waals surface area contributed by atoms with Crippen LogP contribution in [0.25, 0.3) is 22.6 Å². The summed E-state index contributed by atoms with van der Waals surface area (Å²) in [5.74, 6) is 0.0544. The highest BCUT2D eigenvalue weighted by atomic mass is 32.1. The molecule has 1 aromatic carbocycles. The third kappa shape index (κ3) is 2.30. The summed E-state index contributed by atoms with van der Waals surface area (Å²) in [6.45, 7) is 0. The Bertz CT molecular complexity index is 863. The van der Waals surface area contributed by atoms with E-state index in [2.05, 4.69) is 20.2 Å². The summed E-state index contributed by atoms with van der Waals surface area (Å²) in [6.07, 6.45) is 0.